The fraction of sp³-hybridized carbons (Fsp3) is 0.167. The van der Waals surface area contributed by atoms with Crippen molar-refractivity contribution in [3.05, 3.63) is 54.1 Å². The topological polar surface area (TPSA) is 61.4 Å². The van der Waals surface area contributed by atoms with Gasteiger partial charge in [0.05, 0.1) is 29.6 Å². The maximum atomic E-state index is 13.6. The van der Waals surface area contributed by atoms with Gasteiger partial charge >= 0.3 is 5.97 Å². The monoisotopic (exact) mass is 338 g/mol. The Bertz CT molecular complexity index is 1110. The molecule has 3 aromatic heterocycles. The van der Waals surface area contributed by atoms with Gasteiger partial charge in [0, 0.05) is 18.6 Å². The van der Waals surface area contributed by atoms with Gasteiger partial charge in [0.1, 0.15) is 17.2 Å². The maximum Gasteiger partial charge on any atom is 0.338 e. The zero-order chi connectivity index (χ0) is 17.6. The van der Waals surface area contributed by atoms with E-state index < -0.39 is 0 Å². The Morgan fingerprint density at radius 3 is 2.92 bits per heavy atom. The summed E-state index contributed by atoms with van der Waals surface area (Å²) in [5, 5.41) is 5.39. The molecule has 0 radical (unpaired) electrons. The van der Waals surface area contributed by atoms with Crippen LogP contribution in [0.15, 0.2) is 42.7 Å². The summed E-state index contributed by atoms with van der Waals surface area (Å²) in [5.41, 5.74) is 3.24. The number of hydrogen-bond donors (Lipinski definition) is 0. The van der Waals surface area contributed by atoms with Crippen LogP contribution < -0.4 is 0 Å². The van der Waals surface area contributed by atoms with Gasteiger partial charge in [0.2, 0.25) is 0 Å². The molecule has 7 heteroatoms. The molecule has 0 N–H and O–H groups in total. The highest BCUT2D eigenvalue weighted by Gasteiger charge is 2.17. The molecule has 6 nitrogen and oxygen atoms in total. The number of carbonyl (C=O) groups is 1. The number of nitrogens with zero attached hydrogens (tertiary/aromatic N) is 4. The number of fused-ring (bicyclic) bond motifs is 2. The van der Waals surface area contributed by atoms with Gasteiger partial charge < -0.3 is 4.74 Å². The Balaban J connectivity index is 1.90. The first-order valence-corrected chi connectivity index (χ1v) is 7.85. The molecule has 0 fully saturated rings. The van der Waals surface area contributed by atoms with Crippen LogP contribution in [0.2, 0.25) is 0 Å². The van der Waals surface area contributed by atoms with Crippen molar-refractivity contribution in [3.8, 4) is 11.4 Å². The van der Waals surface area contributed by atoms with Crippen molar-refractivity contribution in [2.75, 3.05) is 6.61 Å². The van der Waals surface area contributed by atoms with Crippen LogP contribution in [0.1, 0.15) is 17.3 Å². The first kappa shape index (κ1) is 15.3. The van der Waals surface area contributed by atoms with Gasteiger partial charge in [-0.25, -0.2) is 14.2 Å². The summed E-state index contributed by atoms with van der Waals surface area (Å²) in [6.07, 6.45) is 3.04. The third kappa shape index (κ3) is 2.44. The fourth-order valence-corrected chi connectivity index (χ4v) is 2.92. The quantitative estimate of drug-likeness (QED) is 0.538. The molecule has 1 aromatic carbocycles. The lowest BCUT2D eigenvalue weighted by Gasteiger charge is -2.02. The predicted molar refractivity (Wildman–Crippen MR) is 90.8 cm³/mol. The number of halogens is 1. The minimum Gasteiger partial charge on any atom is -0.462 e. The maximum absolute atomic E-state index is 13.6. The molecule has 3 heterocycles. The number of hydrogen-bond acceptors (Lipinski definition) is 4. The zero-order valence-electron chi connectivity index (χ0n) is 13.7. The van der Waals surface area contributed by atoms with E-state index in [2.05, 4.69) is 10.1 Å². The molecule has 0 saturated heterocycles. The Kier molecular flexibility index (Phi) is 3.49. The number of aryl methyl sites for hydroxylation is 1. The minimum atomic E-state index is -0.371. The lowest BCUT2D eigenvalue weighted by atomic mass is 10.1. The van der Waals surface area contributed by atoms with E-state index in [9.17, 15) is 9.18 Å². The normalized spacial score (nSPS) is 11.3. The summed E-state index contributed by atoms with van der Waals surface area (Å²) in [7, 11) is 1.80. The van der Waals surface area contributed by atoms with Crippen LogP contribution in [0.4, 0.5) is 4.39 Å². The number of carbonyl (C=O) groups excluding carboxylic acids is 1. The van der Waals surface area contributed by atoms with Crippen molar-refractivity contribution in [1.29, 1.82) is 0 Å². The third-order valence-electron chi connectivity index (χ3n) is 4.07. The van der Waals surface area contributed by atoms with Crippen molar-refractivity contribution in [2.45, 2.75) is 6.92 Å². The number of rotatable bonds is 3. The number of pyridine rings is 1. The van der Waals surface area contributed by atoms with Gasteiger partial charge in [0.25, 0.3) is 0 Å². The average Bonchev–Trinajstić information content (AvgIpc) is 3.15. The molecule has 0 unspecified atom stereocenters. The summed E-state index contributed by atoms with van der Waals surface area (Å²) in [6.45, 7) is 2.09. The van der Waals surface area contributed by atoms with Gasteiger partial charge in [-0.3, -0.25) is 9.08 Å². The first-order valence-electron chi connectivity index (χ1n) is 7.85. The molecule has 0 amide bonds. The van der Waals surface area contributed by atoms with Gasteiger partial charge in [-0.15, -0.1) is 0 Å². The van der Waals surface area contributed by atoms with E-state index in [1.54, 1.807) is 47.4 Å². The zero-order valence-corrected chi connectivity index (χ0v) is 13.7. The Labute approximate surface area is 142 Å². The Morgan fingerprint density at radius 1 is 1.28 bits per heavy atom. The van der Waals surface area contributed by atoms with Crippen LogP contribution in [0, 0.1) is 5.82 Å². The predicted octanol–water partition coefficient (Wildman–Crippen LogP) is 3.20. The summed E-state index contributed by atoms with van der Waals surface area (Å²) in [5.74, 6) is -0.722. The third-order valence-corrected chi connectivity index (χ3v) is 4.07. The molecule has 0 bridgehead atoms. The van der Waals surface area contributed by atoms with E-state index in [1.165, 1.54) is 12.3 Å². The summed E-state index contributed by atoms with van der Waals surface area (Å²) in [6, 6.07) is 8.25. The van der Waals surface area contributed by atoms with Crippen molar-refractivity contribution in [3.63, 3.8) is 0 Å². The second kappa shape index (κ2) is 5.70. The molecule has 0 atom stereocenters. The Morgan fingerprint density at radius 2 is 2.12 bits per heavy atom. The number of ether oxygens (including phenoxy) is 1. The number of imidazole rings is 1. The van der Waals surface area contributed by atoms with Crippen LogP contribution >= 0.6 is 0 Å². The minimum absolute atomic E-state index is 0.320. The van der Waals surface area contributed by atoms with E-state index in [0.717, 1.165) is 10.9 Å². The molecule has 0 aliphatic carbocycles. The van der Waals surface area contributed by atoms with Crippen LogP contribution in [-0.4, -0.2) is 31.7 Å². The van der Waals surface area contributed by atoms with Crippen molar-refractivity contribution in [2.24, 2.45) is 7.05 Å². The molecule has 0 saturated carbocycles. The lowest BCUT2D eigenvalue weighted by molar-refractivity contribution is 0.0526. The highest BCUT2D eigenvalue weighted by molar-refractivity contribution is 5.98. The summed E-state index contributed by atoms with van der Waals surface area (Å²) < 4.78 is 22.0. The molecule has 0 aliphatic rings. The van der Waals surface area contributed by atoms with Crippen molar-refractivity contribution in [1.82, 2.24) is 19.2 Å². The standard InChI is InChI=1S/C18H15FN4O2/c1-3-25-18(24)11-4-6-13-14(8-11)22(2)21-17(13)15-9-20-16-7-5-12(19)10-23(15)16/h4-10H,3H2,1-2H3. The Hall–Kier alpha value is -3.22. The van der Waals surface area contributed by atoms with Crippen LogP contribution in [0.5, 0.6) is 0 Å². The SMILES string of the molecule is CCOC(=O)c1ccc2c(-c3cnc4ccc(F)cn34)nn(C)c2c1. The van der Waals surface area contributed by atoms with Crippen LogP contribution in [0.25, 0.3) is 27.9 Å². The molecular formula is C18H15FN4O2. The number of esters is 1. The van der Waals surface area contributed by atoms with Gasteiger partial charge in [-0.1, -0.05) is 0 Å². The van der Waals surface area contributed by atoms with Crippen LogP contribution in [-0.2, 0) is 11.8 Å². The average molecular weight is 338 g/mol. The largest absolute Gasteiger partial charge is 0.462 e. The van der Waals surface area contributed by atoms with Gasteiger partial charge in [-0.05, 0) is 37.3 Å². The van der Waals surface area contributed by atoms with Gasteiger partial charge in [-0.2, -0.15) is 5.10 Å². The van der Waals surface area contributed by atoms with Crippen molar-refractivity contribution < 1.29 is 13.9 Å². The van der Waals surface area contributed by atoms with Crippen molar-refractivity contribution >= 4 is 22.5 Å². The fourth-order valence-electron chi connectivity index (χ4n) is 2.92. The summed E-state index contributed by atoms with van der Waals surface area (Å²) in [4.78, 5) is 16.2. The smallest absolute Gasteiger partial charge is 0.338 e. The van der Waals surface area contributed by atoms with E-state index in [-0.39, 0.29) is 11.8 Å². The first-order chi connectivity index (χ1) is 12.1. The molecule has 4 aromatic rings. The molecular weight excluding hydrogens is 323 g/mol. The van der Waals surface area contributed by atoms with Crippen LogP contribution in [0.3, 0.4) is 0 Å². The van der Waals surface area contributed by atoms with E-state index in [0.29, 0.717) is 29.2 Å². The highest BCUT2D eigenvalue weighted by atomic mass is 19.1. The highest BCUT2D eigenvalue weighted by Crippen LogP contribution is 2.29. The molecule has 126 valence electrons. The van der Waals surface area contributed by atoms with Gasteiger partial charge in [0.15, 0.2) is 0 Å². The molecule has 0 aliphatic heterocycles. The molecule has 25 heavy (non-hydrogen) atoms. The second-order valence-corrected chi connectivity index (χ2v) is 5.64. The molecule has 4 rings (SSSR count). The summed E-state index contributed by atoms with van der Waals surface area (Å²) >= 11 is 0. The number of aromatic nitrogens is 4. The lowest BCUT2D eigenvalue weighted by Crippen LogP contribution is -2.04. The van der Waals surface area contributed by atoms with E-state index >= 15 is 0 Å². The van der Waals surface area contributed by atoms with E-state index in [1.807, 2.05) is 6.07 Å². The molecule has 0 spiro atoms. The number of benzene rings is 1. The van der Waals surface area contributed by atoms with E-state index in [4.69, 9.17) is 4.74 Å². The second-order valence-electron chi connectivity index (χ2n) is 5.64.